The number of anilines is 1. The number of carboxylic acids is 1. The zero-order valence-electron chi connectivity index (χ0n) is 12.4. The standard InChI is InChI=1S/C15H24N2O3/c1-17(2)14-6-4-12(5-7-14)10-13(11-15(18)19)16-8-9-20-3/h4-7,13,16H,8-11H2,1-3H3,(H,18,19). The summed E-state index contributed by atoms with van der Waals surface area (Å²) < 4.78 is 4.97. The SMILES string of the molecule is COCCNC(CC(=O)O)Cc1ccc(N(C)C)cc1. The van der Waals surface area contributed by atoms with E-state index in [-0.39, 0.29) is 12.5 Å². The molecule has 20 heavy (non-hydrogen) atoms. The highest BCUT2D eigenvalue weighted by Gasteiger charge is 2.13. The largest absolute Gasteiger partial charge is 0.481 e. The Balaban J connectivity index is 2.60. The first-order valence-electron chi connectivity index (χ1n) is 6.73. The number of hydrogen-bond acceptors (Lipinski definition) is 4. The van der Waals surface area contributed by atoms with Crippen LogP contribution in [0.2, 0.25) is 0 Å². The van der Waals surface area contributed by atoms with Gasteiger partial charge >= 0.3 is 5.97 Å². The first kappa shape index (κ1) is 16.5. The molecule has 0 aliphatic heterocycles. The number of methoxy groups -OCH3 is 1. The van der Waals surface area contributed by atoms with Crippen LogP contribution in [0.15, 0.2) is 24.3 Å². The molecule has 1 atom stereocenters. The first-order chi connectivity index (χ1) is 9.52. The molecule has 0 saturated heterocycles. The van der Waals surface area contributed by atoms with E-state index in [1.165, 1.54) is 0 Å². The number of ether oxygens (including phenoxy) is 1. The normalized spacial score (nSPS) is 12.2. The van der Waals surface area contributed by atoms with Gasteiger partial charge < -0.3 is 20.1 Å². The lowest BCUT2D eigenvalue weighted by Gasteiger charge is -2.18. The quantitative estimate of drug-likeness (QED) is 0.669. The van der Waals surface area contributed by atoms with Crippen molar-refractivity contribution in [2.24, 2.45) is 0 Å². The maximum absolute atomic E-state index is 10.9. The van der Waals surface area contributed by atoms with Crippen LogP contribution in [0, 0.1) is 0 Å². The Morgan fingerprint density at radius 1 is 1.35 bits per heavy atom. The van der Waals surface area contributed by atoms with Crippen molar-refractivity contribution in [1.82, 2.24) is 5.32 Å². The summed E-state index contributed by atoms with van der Waals surface area (Å²) in [7, 11) is 5.62. The summed E-state index contributed by atoms with van der Waals surface area (Å²) in [5.74, 6) is -0.787. The van der Waals surface area contributed by atoms with Gasteiger partial charge in [-0.05, 0) is 24.1 Å². The van der Waals surface area contributed by atoms with E-state index in [4.69, 9.17) is 9.84 Å². The molecule has 112 valence electrons. The Hall–Kier alpha value is -1.59. The van der Waals surface area contributed by atoms with Gasteiger partial charge in [0.05, 0.1) is 13.0 Å². The second-order valence-corrected chi connectivity index (χ2v) is 5.01. The molecular weight excluding hydrogens is 256 g/mol. The smallest absolute Gasteiger partial charge is 0.304 e. The molecule has 0 radical (unpaired) electrons. The van der Waals surface area contributed by atoms with Crippen LogP contribution in [-0.2, 0) is 16.0 Å². The van der Waals surface area contributed by atoms with Crippen LogP contribution in [0.3, 0.4) is 0 Å². The maximum atomic E-state index is 10.9. The van der Waals surface area contributed by atoms with Gasteiger partial charge in [-0.2, -0.15) is 0 Å². The van der Waals surface area contributed by atoms with Gasteiger partial charge in [0, 0.05) is 39.5 Å². The lowest BCUT2D eigenvalue weighted by molar-refractivity contribution is -0.137. The number of carboxylic acid groups (broad SMARTS) is 1. The number of hydrogen-bond donors (Lipinski definition) is 2. The molecule has 1 aromatic rings. The summed E-state index contributed by atoms with van der Waals surface area (Å²) in [4.78, 5) is 12.9. The minimum Gasteiger partial charge on any atom is -0.481 e. The Labute approximate surface area is 120 Å². The number of rotatable bonds is 9. The number of nitrogens with one attached hydrogen (secondary N) is 1. The van der Waals surface area contributed by atoms with Crippen LogP contribution in [-0.4, -0.2) is 51.5 Å². The van der Waals surface area contributed by atoms with E-state index in [1.54, 1.807) is 7.11 Å². The number of aliphatic carboxylic acids is 1. The van der Waals surface area contributed by atoms with E-state index in [9.17, 15) is 4.79 Å². The second-order valence-electron chi connectivity index (χ2n) is 5.01. The van der Waals surface area contributed by atoms with E-state index < -0.39 is 5.97 Å². The molecule has 0 aliphatic rings. The lowest BCUT2D eigenvalue weighted by Crippen LogP contribution is -2.35. The van der Waals surface area contributed by atoms with Crippen LogP contribution >= 0.6 is 0 Å². The molecular formula is C15H24N2O3. The Bertz CT molecular complexity index is 404. The molecule has 5 nitrogen and oxygen atoms in total. The molecule has 1 unspecified atom stereocenters. The van der Waals surface area contributed by atoms with Crippen LogP contribution in [0.4, 0.5) is 5.69 Å². The predicted octanol–water partition coefficient (Wildman–Crippen LogP) is 1.37. The third kappa shape index (κ3) is 6.04. The average molecular weight is 280 g/mol. The van der Waals surface area contributed by atoms with Gasteiger partial charge in [0.1, 0.15) is 0 Å². The third-order valence-corrected chi connectivity index (χ3v) is 3.10. The average Bonchev–Trinajstić information content (AvgIpc) is 2.38. The van der Waals surface area contributed by atoms with Gasteiger partial charge in [0.25, 0.3) is 0 Å². The van der Waals surface area contributed by atoms with Gasteiger partial charge in [-0.3, -0.25) is 4.79 Å². The van der Waals surface area contributed by atoms with E-state index in [1.807, 2.05) is 43.3 Å². The summed E-state index contributed by atoms with van der Waals surface area (Å²) in [6, 6.07) is 8.10. The van der Waals surface area contributed by atoms with Crippen LogP contribution < -0.4 is 10.2 Å². The van der Waals surface area contributed by atoms with Crippen LogP contribution in [0.5, 0.6) is 0 Å². The highest BCUT2D eigenvalue weighted by molar-refractivity contribution is 5.67. The minimum absolute atomic E-state index is 0.0761. The number of carbonyl (C=O) groups is 1. The third-order valence-electron chi connectivity index (χ3n) is 3.10. The van der Waals surface area contributed by atoms with Crippen molar-refractivity contribution >= 4 is 11.7 Å². The highest BCUT2D eigenvalue weighted by Crippen LogP contribution is 2.14. The Kier molecular flexibility index (Phi) is 7.04. The second kappa shape index (κ2) is 8.55. The Morgan fingerprint density at radius 2 is 2.00 bits per heavy atom. The monoisotopic (exact) mass is 280 g/mol. The van der Waals surface area contributed by atoms with E-state index in [2.05, 4.69) is 5.32 Å². The fraction of sp³-hybridized carbons (Fsp3) is 0.533. The molecule has 0 amide bonds. The topological polar surface area (TPSA) is 61.8 Å². The molecule has 1 rings (SSSR count). The molecule has 2 N–H and O–H groups in total. The maximum Gasteiger partial charge on any atom is 0.304 e. The van der Waals surface area contributed by atoms with Crippen molar-refractivity contribution in [3.63, 3.8) is 0 Å². The van der Waals surface area contributed by atoms with Crippen LogP contribution in [0.25, 0.3) is 0 Å². The molecule has 0 fully saturated rings. The molecule has 0 heterocycles. The van der Waals surface area contributed by atoms with Crippen molar-refractivity contribution in [1.29, 1.82) is 0 Å². The zero-order chi connectivity index (χ0) is 15.0. The summed E-state index contributed by atoms with van der Waals surface area (Å²) in [5, 5.41) is 12.2. The summed E-state index contributed by atoms with van der Waals surface area (Å²) >= 11 is 0. The van der Waals surface area contributed by atoms with Crippen molar-refractivity contribution < 1.29 is 14.6 Å². The first-order valence-corrected chi connectivity index (χ1v) is 6.73. The van der Waals surface area contributed by atoms with E-state index >= 15 is 0 Å². The van der Waals surface area contributed by atoms with Crippen molar-refractivity contribution in [2.75, 3.05) is 39.3 Å². The fourth-order valence-electron chi connectivity index (χ4n) is 2.01. The van der Waals surface area contributed by atoms with E-state index in [0.717, 1.165) is 11.3 Å². The van der Waals surface area contributed by atoms with Gasteiger partial charge in [0.15, 0.2) is 0 Å². The minimum atomic E-state index is -0.787. The van der Waals surface area contributed by atoms with Gasteiger partial charge in [-0.1, -0.05) is 12.1 Å². The molecule has 0 aromatic heterocycles. The van der Waals surface area contributed by atoms with E-state index in [0.29, 0.717) is 19.6 Å². The van der Waals surface area contributed by atoms with Gasteiger partial charge in [-0.25, -0.2) is 0 Å². The van der Waals surface area contributed by atoms with Crippen LogP contribution in [0.1, 0.15) is 12.0 Å². The lowest BCUT2D eigenvalue weighted by atomic mass is 10.0. The van der Waals surface area contributed by atoms with Crippen molar-refractivity contribution in [3.05, 3.63) is 29.8 Å². The zero-order valence-corrected chi connectivity index (χ0v) is 12.4. The fourth-order valence-corrected chi connectivity index (χ4v) is 2.01. The van der Waals surface area contributed by atoms with Crippen molar-refractivity contribution in [3.8, 4) is 0 Å². The summed E-state index contributed by atoms with van der Waals surface area (Å²) in [5.41, 5.74) is 2.27. The van der Waals surface area contributed by atoms with Crippen molar-refractivity contribution in [2.45, 2.75) is 18.9 Å². The molecule has 0 spiro atoms. The summed E-state index contributed by atoms with van der Waals surface area (Å²) in [6.45, 7) is 1.24. The molecule has 0 bridgehead atoms. The number of benzene rings is 1. The Morgan fingerprint density at radius 3 is 2.50 bits per heavy atom. The van der Waals surface area contributed by atoms with Gasteiger partial charge in [0.2, 0.25) is 0 Å². The van der Waals surface area contributed by atoms with Gasteiger partial charge in [-0.15, -0.1) is 0 Å². The molecule has 0 saturated carbocycles. The molecule has 1 aromatic carbocycles. The number of nitrogens with zero attached hydrogens (tertiary/aromatic N) is 1. The predicted molar refractivity (Wildman–Crippen MR) is 80.4 cm³/mol. The highest BCUT2D eigenvalue weighted by atomic mass is 16.5. The molecule has 0 aliphatic carbocycles. The molecule has 5 heteroatoms. The summed E-state index contributed by atoms with van der Waals surface area (Å²) in [6.07, 6.45) is 0.808.